The number of nitrogens with one attached hydrogen (secondary N) is 1. The van der Waals surface area contributed by atoms with Gasteiger partial charge >= 0.3 is 0 Å². The van der Waals surface area contributed by atoms with Gasteiger partial charge in [0.1, 0.15) is 12.0 Å². The van der Waals surface area contributed by atoms with Crippen LogP contribution >= 0.6 is 11.6 Å². The predicted octanol–water partition coefficient (Wildman–Crippen LogP) is 2.91. The molecule has 0 amide bonds. The largest absolute Gasteiger partial charge is 0.393 e. The zero-order chi connectivity index (χ0) is 17.1. The normalized spacial score (nSPS) is 15.5. The van der Waals surface area contributed by atoms with E-state index < -0.39 is 0 Å². The highest BCUT2D eigenvalue weighted by atomic mass is 35.5. The van der Waals surface area contributed by atoms with Crippen LogP contribution in [0.1, 0.15) is 12.5 Å². The lowest BCUT2D eigenvalue weighted by Gasteiger charge is -2.35. The van der Waals surface area contributed by atoms with Crippen LogP contribution in [0.4, 0.5) is 23.0 Å². The van der Waals surface area contributed by atoms with Crippen molar-refractivity contribution >= 4 is 34.6 Å². The first-order valence-electron chi connectivity index (χ1n) is 8.19. The van der Waals surface area contributed by atoms with Gasteiger partial charge in [-0.15, -0.1) is 0 Å². The molecule has 2 heterocycles. The van der Waals surface area contributed by atoms with Crippen LogP contribution in [0, 0.1) is 6.92 Å². The number of aromatic nitrogens is 2. The number of halogens is 1. The van der Waals surface area contributed by atoms with Crippen molar-refractivity contribution < 1.29 is 0 Å². The van der Waals surface area contributed by atoms with Crippen molar-refractivity contribution in [3.05, 3.63) is 35.1 Å². The van der Waals surface area contributed by atoms with Gasteiger partial charge in [-0.1, -0.05) is 24.6 Å². The van der Waals surface area contributed by atoms with E-state index in [2.05, 4.69) is 32.0 Å². The number of aryl methyl sites for hydroxylation is 1. The highest BCUT2D eigenvalue weighted by molar-refractivity contribution is 6.30. The van der Waals surface area contributed by atoms with Crippen molar-refractivity contribution in [1.29, 1.82) is 0 Å². The highest BCUT2D eigenvalue weighted by Crippen LogP contribution is 2.31. The zero-order valence-corrected chi connectivity index (χ0v) is 14.8. The van der Waals surface area contributed by atoms with E-state index in [1.807, 2.05) is 25.1 Å². The molecule has 3 rings (SSSR count). The predicted molar refractivity (Wildman–Crippen MR) is 100 cm³/mol. The summed E-state index contributed by atoms with van der Waals surface area (Å²) < 4.78 is 0. The highest BCUT2D eigenvalue weighted by Gasteiger charge is 2.20. The van der Waals surface area contributed by atoms with Crippen molar-refractivity contribution in [2.45, 2.75) is 13.8 Å². The maximum absolute atomic E-state index is 6.34. The Hall–Kier alpha value is -2.05. The summed E-state index contributed by atoms with van der Waals surface area (Å²) >= 11 is 6.09. The Kier molecular flexibility index (Phi) is 5.06. The first-order chi connectivity index (χ1) is 11.6. The van der Waals surface area contributed by atoms with Crippen LogP contribution in [0.2, 0.25) is 5.02 Å². The lowest BCUT2D eigenvalue weighted by atomic mass is 10.2. The number of nitrogens with two attached hydrogens (primary N) is 1. The average molecular weight is 347 g/mol. The van der Waals surface area contributed by atoms with E-state index in [9.17, 15) is 0 Å². The Labute approximate surface area is 147 Å². The van der Waals surface area contributed by atoms with Crippen molar-refractivity contribution in [2.24, 2.45) is 0 Å². The van der Waals surface area contributed by atoms with E-state index >= 15 is 0 Å². The van der Waals surface area contributed by atoms with Crippen LogP contribution in [0.25, 0.3) is 0 Å². The minimum Gasteiger partial charge on any atom is -0.393 e. The maximum atomic E-state index is 6.34. The van der Waals surface area contributed by atoms with Gasteiger partial charge in [0.2, 0.25) is 0 Å². The quantitative estimate of drug-likeness (QED) is 0.887. The number of nitrogens with zero attached hydrogens (tertiary/aromatic N) is 4. The molecule has 0 unspecified atom stereocenters. The van der Waals surface area contributed by atoms with Gasteiger partial charge < -0.3 is 20.9 Å². The van der Waals surface area contributed by atoms with Crippen LogP contribution in [-0.2, 0) is 0 Å². The number of benzene rings is 1. The van der Waals surface area contributed by atoms with Gasteiger partial charge in [-0.05, 0) is 31.2 Å². The Morgan fingerprint density at radius 3 is 2.67 bits per heavy atom. The summed E-state index contributed by atoms with van der Waals surface area (Å²) in [7, 11) is 0. The molecular formula is C17H23ClN6. The summed E-state index contributed by atoms with van der Waals surface area (Å²) in [5.41, 5.74) is 8.89. The summed E-state index contributed by atoms with van der Waals surface area (Å²) in [5.74, 6) is 1.41. The summed E-state index contributed by atoms with van der Waals surface area (Å²) in [6, 6.07) is 5.70. The minimum atomic E-state index is 0.571. The number of hydrogen-bond donors (Lipinski definition) is 2. The van der Waals surface area contributed by atoms with E-state index in [0.29, 0.717) is 16.5 Å². The van der Waals surface area contributed by atoms with Crippen LogP contribution in [0.15, 0.2) is 24.5 Å². The smallest absolute Gasteiger partial charge is 0.159 e. The molecule has 128 valence electrons. The van der Waals surface area contributed by atoms with Crippen LogP contribution in [0.3, 0.4) is 0 Å². The molecule has 1 saturated heterocycles. The van der Waals surface area contributed by atoms with E-state index in [1.54, 1.807) is 6.33 Å². The number of piperazine rings is 1. The Morgan fingerprint density at radius 2 is 1.96 bits per heavy atom. The van der Waals surface area contributed by atoms with Crippen molar-refractivity contribution in [3.63, 3.8) is 0 Å². The molecule has 0 saturated carbocycles. The van der Waals surface area contributed by atoms with Gasteiger partial charge in [-0.2, -0.15) is 0 Å². The van der Waals surface area contributed by atoms with Crippen LogP contribution < -0.4 is 16.0 Å². The fourth-order valence-electron chi connectivity index (χ4n) is 2.87. The molecule has 6 nitrogen and oxygen atoms in total. The third kappa shape index (κ3) is 3.55. The molecule has 3 N–H and O–H groups in total. The summed E-state index contributed by atoms with van der Waals surface area (Å²) in [4.78, 5) is 13.3. The molecule has 0 atom stereocenters. The van der Waals surface area contributed by atoms with Gasteiger partial charge in [0.15, 0.2) is 11.6 Å². The first-order valence-corrected chi connectivity index (χ1v) is 8.57. The summed E-state index contributed by atoms with van der Waals surface area (Å²) in [6.45, 7) is 9.17. The molecule has 1 fully saturated rings. The van der Waals surface area contributed by atoms with Crippen LogP contribution in [0.5, 0.6) is 0 Å². The maximum Gasteiger partial charge on any atom is 0.159 e. The molecule has 1 aromatic carbocycles. The number of anilines is 4. The fraction of sp³-hybridized carbons (Fsp3) is 0.412. The monoisotopic (exact) mass is 346 g/mol. The standard InChI is InChI=1S/C17H23ClN6/c1-3-23-6-8-24(9-7-23)17-15(19)16(20-11-21-17)22-14-10-13(18)5-4-12(14)2/h4-5,10-11H,3,6-9,19H2,1-2H3,(H,20,21,22). The van der Waals surface area contributed by atoms with Gasteiger partial charge in [0.05, 0.1) is 0 Å². The third-order valence-corrected chi connectivity index (χ3v) is 4.67. The second-order valence-corrected chi connectivity index (χ2v) is 6.40. The molecule has 0 bridgehead atoms. The molecule has 24 heavy (non-hydrogen) atoms. The first kappa shape index (κ1) is 16.8. The second kappa shape index (κ2) is 7.23. The molecule has 1 aromatic heterocycles. The molecule has 0 aliphatic carbocycles. The summed E-state index contributed by atoms with van der Waals surface area (Å²) in [5, 5.41) is 3.96. The van der Waals surface area contributed by atoms with Gasteiger partial charge in [-0.25, -0.2) is 9.97 Å². The summed E-state index contributed by atoms with van der Waals surface area (Å²) in [6.07, 6.45) is 1.56. The van der Waals surface area contributed by atoms with E-state index in [0.717, 1.165) is 49.8 Å². The Morgan fingerprint density at radius 1 is 1.21 bits per heavy atom. The lowest BCUT2D eigenvalue weighted by Crippen LogP contribution is -2.46. The minimum absolute atomic E-state index is 0.571. The average Bonchev–Trinajstić information content (AvgIpc) is 2.60. The molecule has 2 aromatic rings. The molecular weight excluding hydrogens is 324 g/mol. The molecule has 1 aliphatic rings. The lowest BCUT2D eigenvalue weighted by molar-refractivity contribution is 0.270. The number of nitrogen functional groups attached to an aromatic ring is 1. The Bertz CT molecular complexity index is 712. The van der Waals surface area contributed by atoms with Gasteiger partial charge in [0, 0.05) is 36.9 Å². The fourth-order valence-corrected chi connectivity index (χ4v) is 3.04. The van der Waals surface area contributed by atoms with E-state index in [-0.39, 0.29) is 0 Å². The zero-order valence-electron chi connectivity index (χ0n) is 14.1. The van der Waals surface area contributed by atoms with E-state index in [1.165, 1.54) is 0 Å². The number of hydrogen-bond acceptors (Lipinski definition) is 6. The third-order valence-electron chi connectivity index (χ3n) is 4.43. The van der Waals surface area contributed by atoms with Crippen molar-refractivity contribution in [1.82, 2.24) is 14.9 Å². The number of rotatable bonds is 4. The second-order valence-electron chi connectivity index (χ2n) is 5.97. The topological polar surface area (TPSA) is 70.3 Å². The van der Waals surface area contributed by atoms with Crippen molar-refractivity contribution in [3.8, 4) is 0 Å². The van der Waals surface area contributed by atoms with Crippen molar-refractivity contribution in [2.75, 3.05) is 48.7 Å². The number of likely N-dealkylation sites (N-methyl/N-ethyl adjacent to an activating group) is 1. The van der Waals surface area contributed by atoms with Crippen LogP contribution in [-0.4, -0.2) is 47.6 Å². The van der Waals surface area contributed by atoms with E-state index in [4.69, 9.17) is 17.3 Å². The Balaban J connectivity index is 1.82. The molecule has 1 aliphatic heterocycles. The molecule has 7 heteroatoms. The van der Waals surface area contributed by atoms with Gasteiger partial charge in [0.25, 0.3) is 0 Å². The SMILES string of the molecule is CCN1CCN(c2ncnc(Nc3cc(Cl)ccc3C)c2N)CC1. The molecule has 0 spiro atoms. The molecule has 0 radical (unpaired) electrons. The van der Waals surface area contributed by atoms with Gasteiger partial charge in [-0.3, -0.25) is 0 Å².